The van der Waals surface area contributed by atoms with Crippen molar-refractivity contribution in [1.82, 2.24) is 9.97 Å². The van der Waals surface area contributed by atoms with Gasteiger partial charge in [-0.1, -0.05) is 23.4 Å². The summed E-state index contributed by atoms with van der Waals surface area (Å²) in [7, 11) is 0. The van der Waals surface area contributed by atoms with Crippen molar-refractivity contribution in [3.05, 3.63) is 15.3 Å². The summed E-state index contributed by atoms with van der Waals surface area (Å²) in [5.74, 6) is 0.440. The van der Waals surface area contributed by atoms with Crippen LogP contribution in [0.2, 0.25) is 5.02 Å². The Morgan fingerprint density at radius 2 is 2.30 bits per heavy atom. The van der Waals surface area contributed by atoms with Gasteiger partial charge < -0.3 is 14.7 Å². The van der Waals surface area contributed by atoms with Crippen LogP contribution < -0.4 is 9.64 Å². The Morgan fingerprint density at radius 3 is 3.00 bits per heavy atom. The Morgan fingerprint density at radius 1 is 1.52 bits per heavy atom. The molecule has 1 aromatic heterocycles. The van der Waals surface area contributed by atoms with Gasteiger partial charge in [0, 0.05) is 0 Å². The van der Waals surface area contributed by atoms with E-state index in [9.17, 15) is 9.50 Å². The van der Waals surface area contributed by atoms with E-state index in [1.54, 1.807) is 0 Å². The fourth-order valence-corrected chi connectivity index (χ4v) is 4.12. The van der Waals surface area contributed by atoms with Crippen molar-refractivity contribution in [3.63, 3.8) is 0 Å². The number of hydrogen-bond donors (Lipinski definition) is 1. The molecule has 1 fully saturated rings. The minimum Gasteiger partial charge on any atom is -0.489 e. The topological polar surface area (TPSA) is 58.5 Å². The number of hydrogen-bond acceptors (Lipinski definition) is 6. The minimum atomic E-state index is -0.532. The zero-order valence-corrected chi connectivity index (χ0v) is 15.2. The standard InChI is InChI=1S/C14H12BrClFN3O2S/c1-23-14-18-11-7-12(9(16)8(15)10(11)17)22-4-6-2-5(3-21)20(6)13(7)19-14/h5-6,21H,2-4H2,1H3. The van der Waals surface area contributed by atoms with Gasteiger partial charge in [-0.05, 0) is 28.6 Å². The van der Waals surface area contributed by atoms with Crippen LogP contribution in [0.5, 0.6) is 5.75 Å². The van der Waals surface area contributed by atoms with Crippen LogP contribution in [0.4, 0.5) is 10.2 Å². The molecule has 0 amide bonds. The molecule has 122 valence electrons. The largest absolute Gasteiger partial charge is 0.489 e. The van der Waals surface area contributed by atoms with Gasteiger partial charge in [-0.3, -0.25) is 0 Å². The maximum absolute atomic E-state index is 14.7. The minimum absolute atomic E-state index is 0.0126. The lowest BCUT2D eigenvalue weighted by Crippen LogP contribution is -2.60. The highest BCUT2D eigenvalue weighted by molar-refractivity contribution is 9.10. The van der Waals surface area contributed by atoms with E-state index in [2.05, 4.69) is 25.9 Å². The summed E-state index contributed by atoms with van der Waals surface area (Å²) >= 11 is 10.8. The highest BCUT2D eigenvalue weighted by Gasteiger charge is 2.43. The summed E-state index contributed by atoms with van der Waals surface area (Å²) in [6, 6.07) is 0.0399. The highest BCUT2D eigenvalue weighted by Crippen LogP contribution is 2.49. The Kier molecular flexibility index (Phi) is 3.83. The van der Waals surface area contributed by atoms with Gasteiger partial charge >= 0.3 is 0 Å². The maximum Gasteiger partial charge on any atom is 0.189 e. The molecule has 2 aliphatic heterocycles. The van der Waals surface area contributed by atoms with Gasteiger partial charge in [0.15, 0.2) is 16.7 Å². The van der Waals surface area contributed by atoms with Crippen molar-refractivity contribution in [3.8, 4) is 5.75 Å². The van der Waals surface area contributed by atoms with E-state index in [1.807, 2.05) is 11.2 Å². The monoisotopic (exact) mass is 419 g/mol. The van der Waals surface area contributed by atoms with Crippen LogP contribution in [-0.4, -0.2) is 46.6 Å². The number of aromatic nitrogens is 2. The van der Waals surface area contributed by atoms with Crippen LogP contribution in [0.3, 0.4) is 0 Å². The highest BCUT2D eigenvalue weighted by atomic mass is 79.9. The van der Waals surface area contributed by atoms with Crippen molar-refractivity contribution >= 4 is 56.0 Å². The van der Waals surface area contributed by atoms with Crippen LogP contribution in [0.1, 0.15) is 6.42 Å². The summed E-state index contributed by atoms with van der Waals surface area (Å²) in [5.41, 5.74) is 0.176. The fraction of sp³-hybridized carbons (Fsp3) is 0.429. The maximum atomic E-state index is 14.7. The lowest BCUT2D eigenvalue weighted by atomic mass is 9.93. The first kappa shape index (κ1) is 15.7. The Hall–Kier alpha value is -0.830. The lowest BCUT2D eigenvalue weighted by Gasteiger charge is -2.47. The number of aliphatic hydroxyl groups is 1. The molecular formula is C14H12BrClFN3O2S. The summed E-state index contributed by atoms with van der Waals surface area (Å²) in [6.45, 7) is 0.424. The van der Waals surface area contributed by atoms with Crippen molar-refractivity contribution in [2.24, 2.45) is 0 Å². The van der Waals surface area contributed by atoms with Crippen LogP contribution in [0.25, 0.3) is 10.9 Å². The molecule has 5 nitrogen and oxygen atoms in total. The van der Waals surface area contributed by atoms with Crippen LogP contribution in [0.15, 0.2) is 9.63 Å². The van der Waals surface area contributed by atoms with Crippen molar-refractivity contribution in [2.45, 2.75) is 23.7 Å². The number of anilines is 1. The number of ether oxygens (including phenoxy) is 1. The van der Waals surface area contributed by atoms with Crippen LogP contribution >= 0.6 is 39.3 Å². The van der Waals surface area contributed by atoms with Gasteiger partial charge in [-0.15, -0.1) is 0 Å². The summed E-state index contributed by atoms with van der Waals surface area (Å²) in [4.78, 5) is 10.8. The van der Waals surface area contributed by atoms with E-state index in [0.717, 1.165) is 6.42 Å². The van der Waals surface area contributed by atoms with Crippen LogP contribution in [0, 0.1) is 5.82 Å². The predicted octanol–water partition coefficient (Wildman–Crippen LogP) is 3.24. The summed E-state index contributed by atoms with van der Waals surface area (Å²) < 4.78 is 20.7. The quantitative estimate of drug-likeness (QED) is 0.457. The summed E-state index contributed by atoms with van der Waals surface area (Å²) in [5, 5.41) is 10.7. The van der Waals surface area contributed by atoms with E-state index in [4.69, 9.17) is 16.3 Å². The number of thioether (sulfide) groups is 1. The molecule has 2 aromatic rings. The molecule has 2 unspecified atom stereocenters. The third-order valence-corrected chi connectivity index (χ3v) is 6.16. The lowest BCUT2D eigenvalue weighted by molar-refractivity contribution is 0.163. The Labute approximate surface area is 149 Å². The number of rotatable bonds is 2. The Bertz CT molecular complexity index is 825. The van der Waals surface area contributed by atoms with Gasteiger partial charge in [0.05, 0.1) is 28.5 Å². The molecule has 1 N–H and O–H groups in total. The number of benzene rings is 1. The number of nitrogens with zero attached hydrogens (tertiary/aromatic N) is 3. The van der Waals surface area contributed by atoms with Crippen molar-refractivity contribution in [2.75, 3.05) is 24.4 Å². The molecular weight excluding hydrogens is 409 g/mol. The van der Waals surface area contributed by atoms with Gasteiger partial charge in [0.25, 0.3) is 0 Å². The van der Waals surface area contributed by atoms with Crippen molar-refractivity contribution < 1.29 is 14.2 Å². The first-order valence-electron chi connectivity index (χ1n) is 7.01. The van der Waals surface area contributed by atoms with E-state index in [0.29, 0.717) is 28.7 Å². The van der Waals surface area contributed by atoms with Crippen molar-refractivity contribution in [1.29, 1.82) is 0 Å². The SMILES string of the molecule is CSc1nc2c3c(c(Cl)c(Br)c(F)c3n1)OCC1CC(CO)N21. The molecule has 2 aliphatic rings. The Balaban J connectivity index is 2.09. The number of halogens is 3. The van der Waals surface area contributed by atoms with Gasteiger partial charge in [0.2, 0.25) is 0 Å². The molecule has 0 bridgehead atoms. The normalized spacial score (nSPS) is 22.4. The molecule has 0 spiro atoms. The second-order valence-corrected chi connectivity index (χ2v) is 7.42. The van der Waals surface area contributed by atoms with Gasteiger partial charge in [0.1, 0.15) is 23.0 Å². The smallest absolute Gasteiger partial charge is 0.189 e. The summed E-state index contributed by atoms with van der Waals surface area (Å²) in [6.07, 6.45) is 2.63. The fourth-order valence-electron chi connectivity index (χ4n) is 3.16. The predicted molar refractivity (Wildman–Crippen MR) is 91.2 cm³/mol. The number of fused-ring (bicyclic) bond motifs is 2. The van der Waals surface area contributed by atoms with Gasteiger partial charge in [-0.2, -0.15) is 0 Å². The number of aliphatic hydroxyl groups excluding tert-OH is 1. The van der Waals surface area contributed by atoms with E-state index in [1.165, 1.54) is 11.8 Å². The second kappa shape index (κ2) is 5.61. The van der Waals surface area contributed by atoms with E-state index in [-0.39, 0.29) is 33.7 Å². The first-order chi connectivity index (χ1) is 11.1. The average Bonchev–Trinajstić information content (AvgIpc) is 2.65. The third kappa shape index (κ3) is 2.15. The van der Waals surface area contributed by atoms with Crippen LogP contribution in [-0.2, 0) is 0 Å². The molecule has 1 saturated heterocycles. The molecule has 2 atom stereocenters. The third-order valence-electron chi connectivity index (χ3n) is 4.28. The average molecular weight is 421 g/mol. The molecule has 3 heterocycles. The second-order valence-electron chi connectivity index (χ2n) is 5.47. The molecule has 9 heteroatoms. The van der Waals surface area contributed by atoms with E-state index >= 15 is 0 Å². The molecule has 0 radical (unpaired) electrons. The molecule has 0 aliphatic carbocycles. The van der Waals surface area contributed by atoms with Gasteiger partial charge in [-0.25, -0.2) is 14.4 Å². The molecule has 23 heavy (non-hydrogen) atoms. The first-order valence-corrected chi connectivity index (χ1v) is 9.40. The van der Waals surface area contributed by atoms with E-state index < -0.39 is 5.82 Å². The zero-order chi connectivity index (χ0) is 16.3. The molecule has 1 aromatic carbocycles. The zero-order valence-electron chi connectivity index (χ0n) is 12.0. The molecule has 0 saturated carbocycles. The molecule has 4 rings (SSSR count).